The molecule has 0 aliphatic rings. The van der Waals surface area contributed by atoms with Gasteiger partial charge in [-0.1, -0.05) is 42.5 Å². The number of fused-ring (bicyclic) bond motifs is 1. The van der Waals surface area contributed by atoms with Crippen LogP contribution >= 0.6 is 0 Å². The molecule has 2 nitrogen and oxygen atoms in total. The highest BCUT2D eigenvalue weighted by Crippen LogP contribution is 2.29. The average Bonchev–Trinajstić information content (AvgIpc) is 2.33. The molecule has 3 N–H and O–H groups in total. The quantitative estimate of drug-likeness (QED) is 0.483. The Hall–Kier alpha value is -1.71. The van der Waals surface area contributed by atoms with Gasteiger partial charge in [-0.15, -0.1) is 0 Å². The fourth-order valence-corrected chi connectivity index (χ4v) is 2.03. The Bertz CT molecular complexity index is 563. The number of halogens is 1. The molecule has 0 aliphatic heterocycles. The van der Waals surface area contributed by atoms with E-state index in [1.807, 2.05) is 25.1 Å². The van der Waals surface area contributed by atoms with Crippen LogP contribution in [0.1, 0.15) is 18.5 Å². The summed E-state index contributed by atoms with van der Waals surface area (Å²) in [7, 11) is 0. The van der Waals surface area contributed by atoms with Crippen molar-refractivity contribution in [2.24, 2.45) is 5.84 Å². The fourth-order valence-electron chi connectivity index (χ4n) is 2.03. The molecule has 0 radical (unpaired) electrons. The van der Waals surface area contributed by atoms with Crippen LogP contribution in [-0.2, 0) is 0 Å². The first-order chi connectivity index (χ1) is 8.15. The van der Waals surface area contributed by atoms with Gasteiger partial charge in [-0.25, -0.2) is 9.82 Å². The van der Waals surface area contributed by atoms with Crippen molar-refractivity contribution in [1.29, 1.82) is 0 Å². The minimum absolute atomic E-state index is 0.166. The number of benzene rings is 2. The highest BCUT2D eigenvalue weighted by atomic mass is 19.1. The third-order valence-electron chi connectivity index (χ3n) is 2.88. The molecule has 2 rings (SSSR count). The molecule has 0 aliphatic carbocycles. The van der Waals surface area contributed by atoms with Crippen molar-refractivity contribution in [3.8, 4) is 0 Å². The van der Waals surface area contributed by atoms with Gasteiger partial charge in [0, 0.05) is 5.39 Å². The monoisotopic (exact) mass is 230 g/mol. The molecule has 0 saturated carbocycles. The summed E-state index contributed by atoms with van der Waals surface area (Å²) in [6, 6.07) is 10.4. The van der Waals surface area contributed by atoms with E-state index in [-0.39, 0.29) is 11.9 Å². The molecule has 0 saturated heterocycles. The van der Waals surface area contributed by atoms with Crippen molar-refractivity contribution < 1.29 is 4.39 Å². The second-order valence-corrected chi connectivity index (χ2v) is 4.13. The standard InChI is InChI=1S/C14H15FN2/c1-9(2)14(17-16)12-7-8-13(15)11-6-4-3-5-10(11)12/h3-8,14,17H,1,16H2,2H3. The number of rotatable bonds is 3. The van der Waals surface area contributed by atoms with E-state index in [2.05, 4.69) is 12.0 Å². The Labute approximate surface area is 99.9 Å². The van der Waals surface area contributed by atoms with E-state index in [0.717, 1.165) is 16.5 Å². The number of hydrogen-bond donors (Lipinski definition) is 2. The zero-order valence-electron chi connectivity index (χ0n) is 9.70. The smallest absolute Gasteiger partial charge is 0.131 e. The Morgan fingerprint density at radius 1 is 1.24 bits per heavy atom. The number of nitrogens with one attached hydrogen (secondary N) is 1. The van der Waals surface area contributed by atoms with E-state index >= 15 is 0 Å². The number of hydrazine groups is 1. The van der Waals surface area contributed by atoms with Crippen molar-refractivity contribution in [2.75, 3.05) is 0 Å². The minimum atomic E-state index is -0.221. The SMILES string of the molecule is C=C(C)C(NN)c1ccc(F)c2ccccc12. The minimum Gasteiger partial charge on any atom is -0.271 e. The van der Waals surface area contributed by atoms with E-state index in [9.17, 15) is 4.39 Å². The molecule has 1 atom stereocenters. The molecule has 0 spiro atoms. The number of nitrogens with two attached hydrogens (primary N) is 1. The van der Waals surface area contributed by atoms with Crippen molar-refractivity contribution in [2.45, 2.75) is 13.0 Å². The van der Waals surface area contributed by atoms with Crippen LogP contribution in [0.15, 0.2) is 48.6 Å². The molecule has 0 heterocycles. The summed E-state index contributed by atoms with van der Waals surface area (Å²) < 4.78 is 13.7. The van der Waals surface area contributed by atoms with E-state index in [4.69, 9.17) is 5.84 Å². The second-order valence-electron chi connectivity index (χ2n) is 4.13. The highest BCUT2D eigenvalue weighted by molar-refractivity contribution is 5.87. The van der Waals surface area contributed by atoms with Crippen molar-refractivity contribution >= 4 is 10.8 Å². The van der Waals surface area contributed by atoms with Crippen molar-refractivity contribution in [3.63, 3.8) is 0 Å². The van der Waals surface area contributed by atoms with Gasteiger partial charge in [-0.05, 0) is 23.9 Å². The average molecular weight is 230 g/mol. The van der Waals surface area contributed by atoms with E-state index in [1.54, 1.807) is 12.1 Å². The maximum atomic E-state index is 13.7. The number of hydrogen-bond acceptors (Lipinski definition) is 2. The summed E-state index contributed by atoms with van der Waals surface area (Å²) in [6.45, 7) is 5.79. The molecule has 3 heteroatoms. The van der Waals surface area contributed by atoms with Gasteiger partial charge in [0.2, 0.25) is 0 Å². The lowest BCUT2D eigenvalue weighted by atomic mass is 9.95. The Balaban J connectivity index is 2.70. The van der Waals surface area contributed by atoms with Gasteiger partial charge in [0.05, 0.1) is 6.04 Å². The molecule has 0 bridgehead atoms. The van der Waals surface area contributed by atoms with Gasteiger partial charge in [0.15, 0.2) is 0 Å². The predicted molar refractivity (Wildman–Crippen MR) is 68.8 cm³/mol. The third kappa shape index (κ3) is 2.07. The van der Waals surface area contributed by atoms with E-state index in [0.29, 0.717) is 5.39 Å². The zero-order valence-corrected chi connectivity index (χ0v) is 9.70. The summed E-state index contributed by atoms with van der Waals surface area (Å²) in [5.74, 6) is 5.31. The predicted octanol–water partition coefficient (Wildman–Crippen LogP) is 3.06. The molecule has 17 heavy (non-hydrogen) atoms. The van der Waals surface area contributed by atoms with Crippen molar-refractivity contribution in [1.82, 2.24) is 5.43 Å². The maximum absolute atomic E-state index is 13.7. The van der Waals surface area contributed by atoms with E-state index < -0.39 is 0 Å². The molecular weight excluding hydrogens is 215 g/mol. The van der Waals surface area contributed by atoms with Crippen LogP contribution in [0, 0.1) is 5.82 Å². The first-order valence-corrected chi connectivity index (χ1v) is 5.44. The molecule has 0 fully saturated rings. The molecule has 88 valence electrons. The Morgan fingerprint density at radius 3 is 2.47 bits per heavy atom. The summed E-state index contributed by atoms with van der Waals surface area (Å²) in [6.07, 6.45) is 0. The summed E-state index contributed by atoms with van der Waals surface area (Å²) in [4.78, 5) is 0. The molecule has 1 unspecified atom stereocenters. The molecule has 0 amide bonds. The zero-order chi connectivity index (χ0) is 12.4. The summed E-state index contributed by atoms with van der Waals surface area (Å²) in [5, 5.41) is 1.46. The molecule has 2 aromatic carbocycles. The lowest BCUT2D eigenvalue weighted by Gasteiger charge is -2.18. The second kappa shape index (κ2) is 4.65. The van der Waals surface area contributed by atoms with Gasteiger partial charge >= 0.3 is 0 Å². The van der Waals surface area contributed by atoms with Crippen LogP contribution in [0.4, 0.5) is 4.39 Å². The highest BCUT2D eigenvalue weighted by Gasteiger charge is 2.14. The summed E-state index contributed by atoms with van der Waals surface area (Å²) in [5.41, 5.74) is 4.54. The van der Waals surface area contributed by atoms with Gasteiger partial charge in [-0.3, -0.25) is 5.84 Å². The first kappa shape index (κ1) is 11.8. The van der Waals surface area contributed by atoms with Gasteiger partial charge in [-0.2, -0.15) is 0 Å². The Morgan fingerprint density at radius 2 is 1.88 bits per heavy atom. The van der Waals surface area contributed by atoms with Gasteiger partial charge in [0.25, 0.3) is 0 Å². The van der Waals surface area contributed by atoms with Crippen LogP contribution in [0.3, 0.4) is 0 Å². The normalized spacial score (nSPS) is 12.6. The van der Waals surface area contributed by atoms with Gasteiger partial charge < -0.3 is 0 Å². The largest absolute Gasteiger partial charge is 0.271 e. The molecule has 0 aromatic heterocycles. The Kier molecular flexibility index (Phi) is 3.22. The van der Waals surface area contributed by atoms with Crippen LogP contribution in [0.25, 0.3) is 10.8 Å². The van der Waals surface area contributed by atoms with Crippen LogP contribution in [-0.4, -0.2) is 0 Å². The molecular formula is C14H15FN2. The topological polar surface area (TPSA) is 38.0 Å². The summed E-state index contributed by atoms with van der Waals surface area (Å²) >= 11 is 0. The lowest BCUT2D eigenvalue weighted by molar-refractivity contribution is 0.622. The van der Waals surface area contributed by atoms with E-state index in [1.165, 1.54) is 6.07 Å². The third-order valence-corrected chi connectivity index (χ3v) is 2.88. The first-order valence-electron chi connectivity index (χ1n) is 5.44. The molecule has 2 aromatic rings. The van der Waals surface area contributed by atoms with Crippen LogP contribution < -0.4 is 11.3 Å². The van der Waals surface area contributed by atoms with Crippen molar-refractivity contribution in [3.05, 3.63) is 59.9 Å². The maximum Gasteiger partial charge on any atom is 0.131 e. The van der Waals surface area contributed by atoms with Crippen LogP contribution in [0.2, 0.25) is 0 Å². The van der Waals surface area contributed by atoms with Gasteiger partial charge in [0.1, 0.15) is 5.82 Å². The lowest BCUT2D eigenvalue weighted by Crippen LogP contribution is -2.28. The van der Waals surface area contributed by atoms with Crippen LogP contribution in [0.5, 0.6) is 0 Å². The fraction of sp³-hybridized carbons (Fsp3) is 0.143.